The SMILES string of the molecule is CCCCC/C=C\C/C=C\CCCCCCCCCC(=O)OC(COCCCCCCCCCCCCCCCCCCCCC)COC1OC(CO)C(O)C(O)C1O. The van der Waals surface area contributed by atoms with E-state index in [1.54, 1.807) is 0 Å². The van der Waals surface area contributed by atoms with Crippen molar-refractivity contribution in [1.29, 1.82) is 0 Å². The molecule has 59 heavy (non-hydrogen) atoms. The Hall–Kier alpha value is -1.33. The summed E-state index contributed by atoms with van der Waals surface area (Å²) in [5.41, 5.74) is 0. The Bertz CT molecular complexity index is 957. The number of hydrogen-bond donors (Lipinski definition) is 4. The van der Waals surface area contributed by atoms with Gasteiger partial charge >= 0.3 is 5.97 Å². The van der Waals surface area contributed by atoms with Crippen LogP contribution in [-0.2, 0) is 23.7 Å². The van der Waals surface area contributed by atoms with E-state index in [2.05, 4.69) is 38.2 Å². The Morgan fingerprint density at radius 3 is 1.49 bits per heavy atom. The van der Waals surface area contributed by atoms with Gasteiger partial charge in [-0.15, -0.1) is 0 Å². The number of hydrogen-bond acceptors (Lipinski definition) is 9. The highest BCUT2D eigenvalue weighted by atomic mass is 16.7. The monoisotopic (exact) mass is 839 g/mol. The molecule has 6 unspecified atom stereocenters. The van der Waals surface area contributed by atoms with E-state index in [0.717, 1.165) is 44.9 Å². The van der Waals surface area contributed by atoms with Gasteiger partial charge in [0.25, 0.3) is 0 Å². The van der Waals surface area contributed by atoms with E-state index in [9.17, 15) is 25.2 Å². The summed E-state index contributed by atoms with van der Waals surface area (Å²) < 4.78 is 22.9. The summed E-state index contributed by atoms with van der Waals surface area (Å²) in [7, 11) is 0. The lowest BCUT2D eigenvalue weighted by Gasteiger charge is -2.39. The molecule has 9 heteroatoms. The van der Waals surface area contributed by atoms with Crippen molar-refractivity contribution >= 4 is 5.97 Å². The van der Waals surface area contributed by atoms with Gasteiger partial charge in [0.05, 0.1) is 19.8 Å². The number of aliphatic hydroxyl groups is 4. The molecule has 0 aromatic carbocycles. The third-order valence-electron chi connectivity index (χ3n) is 11.6. The Labute approximate surface area is 362 Å². The topological polar surface area (TPSA) is 135 Å². The van der Waals surface area contributed by atoms with Crippen LogP contribution in [0.3, 0.4) is 0 Å². The molecular weight excluding hydrogens is 745 g/mol. The summed E-state index contributed by atoms with van der Waals surface area (Å²) in [6.45, 7) is 4.57. The van der Waals surface area contributed by atoms with Crippen LogP contribution in [0, 0.1) is 0 Å². The number of aliphatic hydroxyl groups excluding tert-OH is 4. The fourth-order valence-electron chi connectivity index (χ4n) is 7.70. The number of allylic oxidation sites excluding steroid dienone is 4. The third-order valence-corrected chi connectivity index (χ3v) is 11.6. The highest BCUT2D eigenvalue weighted by Gasteiger charge is 2.44. The molecule has 1 aliphatic heterocycles. The van der Waals surface area contributed by atoms with Crippen molar-refractivity contribution in [3.8, 4) is 0 Å². The molecule has 1 heterocycles. The molecule has 0 bridgehead atoms. The van der Waals surface area contributed by atoms with Gasteiger partial charge in [-0.2, -0.15) is 0 Å². The molecule has 0 aromatic heterocycles. The van der Waals surface area contributed by atoms with E-state index in [1.807, 2.05) is 0 Å². The van der Waals surface area contributed by atoms with Crippen molar-refractivity contribution in [3.05, 3.63) is 24.3 Å². The van der Waals surface area contributed by atoms with Gasteiger partial charge in [-0.1, -0.05) is 199 Å². The molecule has 0 radical (unpaired) electrons. The van der Waals surface area contributed by atoms with Gasteiger partial charge in [0.1, 0.15) is 30.5 Å². The van der Waals surface area contributed by atoms with Crippen LogP contribution in [0.2, 0.25) is 0 Å². The van der Waals surface area contributed by atoms with Crippen molar-refractivity contribution in [2.24, 2.45) is 0 Å². The first-order valence-electron chi connectivity index (χ1n) is 24.9. The largest absolute Gasteiger partial charge is 0.457 e. The lowest BCUT2D eigenvalue weighted by Crippen LogP contribution is -2.59. The Morgan fingerprint density at radius 2 is 0.983 bits per heavy atom. The number of ether oxygens (including phenoxy) is 4. The van der Waals surface area contributed by atoms with E-state index >= 15 is 0 Å². The van der Waals surface area contributed by atoms with Crippen molar-refractivity contribution < 1.29 is 44.2 Å². The van der Waals surface area contributed by atoms with Crippen LogP contribution >= 0.6 is 0 Å². The molecule has 348 valence electrons. The second-order valence-corrected chi connectivity index (χ2v) is 17.3. The fraction of sp³-hybridized carbons (Fsp3) is 0.900. The Kier molecular flexibility index (Phi) is 39.6. The van der Waals surface area contributed by atoms with Crippen LogP contribution in [0.4, 0.5) is 0 Å². The standard InChI is InChI=1S/C50H94O9/c1-3-5-7-9-11-13-15-17-19-21-22-24-26-28-30-32-34-36-38-40-56-42-44(43-57-50-49(55)48(54)47(53)45(41-51)59-50)58-46(52)39-37-35-33-31-29-27-25-23-20-18-16-14-12-10-8-6-4-2/h12,14,18,20,44-45,47-51,53-55H,3-11,13,15-17,19,21-43H2,1-2H3/b14-12-,20-18-. The van der Waals surface area contributed by atoms with Crippen molar-refractivity contribution in [2.45, 2.75) is 263 Å². The van der Waals surface area contributed by atoms with E-state index in [4.69, 9.17) is 18.9 Å². The van der Waals surface area contributed by atoms with Crippen LogP contribution in [0.15, 0.2) is 24.3 Å². The second-order valence-electron chi connectivity index (χ2n) is 17.3. The Morgan fingerprint density at radius 1 is 0.542 bits per heavy atom. The molecule has 0 spiro atoms. The summed E-state index contributed by atoms with van der Waals surface area (Å²) in [6, 6.07) is 0. The van der Waals surface area contributed by atoms with Gasteiger partial charge in [-0.25, -0.2) is 0 Å². The summed E-state index contributed by atoms with van der Waals surface area (Å²) in [5.74, 6) is -0.318. The first kappa shape index (κ1) is 55.7. The number of carbonyl (C=O) groups excluding carboxylic acids is 1. The van der Waals surface area contributed by atoms with Crippen LogP contribution in [0.25, 0.3) is 0 Å². The number of carbonyl (C=O) groups is 1. The molecule has 0 saturated carbocycles. The maximum atomic E-state index is 12.8. The average molecular weight is 839 g/mol. The molecule has 6 atom stereocenters. The zero-order chi connectivity index (χ0) is 42.9. The van der Waals surface area contributed by atoms with Crippen LogP contribution in [0.5, 0.6) is 0 Å². The predicted molar refractivity (Wildman–Crippen MR) is 242 cm³/mol. The van der Waals surface area contributed by atoms with E-state index in [1.165, 1.54) is 161 Å². The average Bonchev–Trinajstić information content (AvgIpc) is 3.24. The molecular formula is C50H94O9. The second kappa shape index (κ2) is 42.0. The van der Waals surface area contributed by atoms with Gasteiger partial charge in [0, 0.05) is 13.0 Å². The normalized spacial score (nSPS) is 20.3. The minimum absolute atomic E-state index is 0.113. The Balaban J connectivity index is 2.21. The van der Waals surface area contributed by atoms with Gasteiger partial charge in [0.2, 0.25) is 0 Å². The highest BCUT2D eigenvalue weighted by molar-refractivity contribution is 5.69. The molecule has 0 amide bonds. The zero-order valence-electron chi connectivity index (χ0n) is 38.3. The maximum Gasteiger partial charge on any atom is 0.306 e. The lowest BCUT2D eigenvalue weighted by molar-refractivity contribution is -0.305. The number of rotatable bonds is 43. The molecule has 0 aliphatic carbocycles. The molecule has 1 rings (SSSR count). The van der Waals surface area contributed by atoms with Gasteiger partial charge < -0.3 is 39.4 Å². The summed E-state index contributed by atoms with van der Waals surface area (Å²) in [4.78, 5) is 12.8. The molecule has 9 nitrogen and oxygen atoms in total. The van der Waals surface area contributed by atoms with Crippen LogP contribution < -0.4 is 0 Å². The quantitative estimate of drug-likeness (QED) is 0.0269. The first-order chi connectivity index (χ1) is 28.9. The first-order valence-corrected chi connectivity index (χ1v) is 24.9. The summed E-state index contributed by atoms with van der Waals surface area (Å²) >= 11 is 0. The number of esters is 1. The maximum absolute atomic E-state index is 12.8. The van der Waals surface area contributed by atoms with E-state index in [0.29, 0.717) is 13.0 Å². The molecule has 1 fully saturated rings. The van der Waals surface area contributed by atoms with E-state index < -0.39 is 43.4 Å². The fourth-order valence-corrected chi connectivity index (χ4v) is 7.70. The summed E-state index contributed by atoms with van der Waals surface area (Å²) in [6.07, 6.45) is 42.0. The van der Waals surface area contributed by atoms with Crippen LogP contribution in [0.1, 0.15) is 226 Å². The number of unbranched alkanes of at least 4 members (excludes halogenated alkanes) is 28. The van der Waals surface area contributed by atoms with Crippen LogP contribution in [-0.4, -0.2) is 89.6 Å². The van der Waals surface area contributed by atoms with E-state index in [-0.39, 0.29) is 19.2 Å². The minimum atomic E-state index is -1.54. The van der Waals surface area contributed by atoms with Gasteiger partial charge in [0.15, 0.2) is 6.29 Å². The lowest BCUT2D eigenvalue weighted by atomic mass is 9.99. The smallest absolute Gasteiger partial charge is 0.306 e. The molecule has 0 aromatic rings. The molecule has 1 saturated heterocycles. The minimum Gasteiger partial charge on any atom is -0.457 e. The van der Waals surface area contributed by atoms with Crippen molar-refractivity contribution in [3.63, 3.8) is 0 Å². The highest BCUT2D eigenvalue weighted by Crippen LogP contribution is 2.23. The molecule has 4 N–H and O–H groups in total. The van der Waals surface area contributed by atoms with Crippen molar-refractivity contribution in [2.75, 3.05) is 26.4 Å². The third kappa shape index (κ3) is 33.0. The van der Waals surface area contributed by atoms with Gasteiger partial charge in [-0.3, -0.25) is 4.79 Å². The predicted octanol–water partition coefficient (Wildman–Crippen LogP) is 11.8. The molecule has 1 aliphatic rings. The van der Waals surface area contributed by atoms with Crippen molar-refractivity contribution in [1.82, 2.24) is 0 Å². The van der Waals surface area contributed by atoms with Gasteiger partial charge in [-0.05, 0) is 44.9 Å². The zero-order valence-corrected chi connectivity index (χ0v) is 38.3. The summed E-state index contributed by atoms with van der Waals surface area (Å²) in [5, 5.41) is 40.2.